The van der Waals surface area contributed by atoms with E-state index >= 15 is 0 Å². The molecule has 5 heteroatoms. The van der Waals surface area contributed by atoms with Crippen molar-refractivity contribution in [3.8, 4) is 0 Å². The third kappa shape index (κ3) is 3.42. The maximum absolute atomic E-state index is 13.0. The van der Waals surface area contributed by atoms with Crippen LogP contribution < -0.4 is 5.56 Å². The second kappa shape index (κ2) is 7.06. The van der Waals surface area contributed by atoms with Crippen molar-refractivity contribution in [3.05, 3.63) is 69.4 Å². The van der Waals surface area contributed by atoms with E-state index in [0.717, 1.165) is 47.7 Å². The first-order chi connectivity index (χ1) is 13.0. The quantitative estimate of drug-likeness (QED) is 0.749. The Balaban J connectivity index is 1.73. The number of pyridine rings is 1. The number of aryl methyl sites for hydroxylation is 2. The summed E-state index contributed by atoms with van der Waals surface area (Å²) >= 11 is 0. The number of fused-ring (bicyclic) bond motifs is 1. The molecule has 1 fully saturated rings. The normalized spacial score (nSPS) is 14.7. The Morgan fingerprint density at radius 3 is 2.70 bits per heavy atom. The molecule has 140 valence electrons. The molecule has 2 heterocycles. The molecule has 0 radical (unpaired) electrons. The molecule has 0 unspecified atom stereocenters. The fourth-order valence-electron chi connectivity index (χ4n) is 4.16. The number of carbonyl (C=O) groups excluding carboxylic acids is 1. The average molecular weight is 364 g/mol. The maximum Gasteiger partial charge on any atom is 0.290 e. The van der Waals surface area contributed by atoms with Gasteiger partial charge in [-0.3, -0.25) is 9.59 Å². The first-order valence-electron chi connectivity index (χ1n) is 9.50. The Bertz CT molecular complexity index is 1030. The lowest BCUT2D eigenvalue weighted by Crippen LogP contribution is -2.39. The Hall–Kier alpha value is -2.82. The van der Waals surface area contributed by atoms with Crippen LogP contribution in [-0.4, -0.2) is 21.8 Å². The summed E-state index contributed by atoms with van der Waals surface area (Å²) in [6.07, 6.45) is 5.67. The number of rotatable bonds is 4. The Labute approximate surface area is 158 Å². The summed E-state index contributed by atoms with van der Waals surface area (Å²) in [5, 5.41) is 0.999. The highest BCUT2D eigenvalue weighted by atomic mass is 16.3. The predicted octanol–water partition coefficient (Wildman–Crippen LogP) is 4.32. The van der Waals surface area contributed by atoms with Gasteiger partial charge in [0.15, 0.2) is 5.76 Å². The van der Waals surface area contributed by atoms with Crippen LogP contribution in [0.3, 0.4) is 0 Å². The number of nitrogens with one attached hydrogen (secondary N) is 1. The zero-order chi connectivity index (χ0) is 19.0. The molecule has 4 rings (SSSR count). The van der Waals surface area contributed by atoms with Crippen LogP contribution in [-0.2, 0) is 6.54 Å². The topological polar surface area (TPSA) is 66.3 Å². The molecule has 1 aliphatic carbocycles. The fraction of sp³-hybridized carbons (Fsp3) is 0.364. The Kier molecular flexibility index (Phi) is 4.60. The minimum Gasteiger partial charge on any atom is -0.459 e. The van der Waals surface area contributed by atoms with Crippen LogP contribution in [0.4, 0.5) is 0 Å². The molecule has 1 amide bonds. The van der Waals surface area contributed by atoms with Crippen molar-refractivity contribution in [2.24, 2.45) is 0 Å². The number of H-pyrrole nitrogens is 1. The molecule has 0 aliphatic heterocycles. The zero-order valence-electron chi connectivity index (χ0n) is 15.7. The van der Waals surface area contributed by atoms with Crippen molar-refractivity contribution in [1.29, 1.82) is 0 Å². The van der Waals surface area contributed by atoms with Crippen LogP contribution in [0.5, 0.6) is 0 Å². The van der Waals surface area contributed by atoms with E-state index in [-0.39, 0.29) is 17.5 Å². The largest absolute Gasteiger partial charge is 0.459 e. The number of hydrogen-bond donors (Lipinski definition) is 1. The molecule has 0 bridgehead atoms. The first-order valence-corrected chi connectivity index (χ1v) is 9.50. The van der Waals surface area contributed by atoms with Gasteiger partial charge in [-0.25, -0.2) is 0 Å². The molecule has 1 N–H and O–H groups in total. The van der Waals surface area contributed by atoms with Crippen molar-refractivity contribution >= 4 is 16.8 Å². The van der Waals surface area contributed by atoms with Gasteiger partial charge >= 0.3 is 0 Å². The van der Waals surface area contributed by atoms with Gasteiger partial charge in [0.25, 0.3) is 11.5 Å². The molecule has 1 saturated carbocycles. The van der Waals surface area contributed by atoms with E-state index in [2.05, 4.69) is 17.1 Å². The van der Waals surface area contributed by atoms with Gasteiger partial charge in [0, 0.05) is 11.6 Å². The summed E-state index contributed by atoms with van der Waals surface area (Å²) in [5.41, 5.74) is 3.54. The third-order valence-corrected chi connectivity index (χ3v) is 5.47. The van der Waals surface area contributed by atoms with Gasteiger partial charge in [0.05, 0.1) is 18.3 Å². The first kappa shape index (κ1) is 17.6. The van der Waals surface area contributed by atoms with Gasteiger partial charge in [-0.05, 0) is 61.9 Å². The van der Waals surface area contributed by atoms with Crippen LogP contribution >= 0.6 is 0 Å². The van der Waals surface area contributed by atoms with Crippen molar-refractivity contribution in [1.82, 2.24) is 9.88 Å². The van der Waals surface area contributed by atoms with Gasteiger partial charge in [-0.2, -0.15) is 0 Å². The summed E-state index contributed by atoms with van der Waals surface area (Å²) in [5.74, 6) is 0.178. The molecule has 3 aromatic rings. The van der Waals surface area contributed by atoms with Gasteiger partial charge in [-0.15, -0.1) is 0 Å². The highest BCUT2D eigenvalue weighted by Crippen LogP contribution is 2.27. The monoisotopic (exact) mass is 364 g/mol. The number of aromatic nitrogens is 1. The van der Waals surface area contributed by atoms with E-state index in [1.165, 1.54) is 6.26 Å². The molecule has 1 aliphatic rings. The number of benzene rings is 1. The summed E-state index contributed by atoms with van der Waals surface area (Å²) < 4.78 is 5.33. The minimum absolute atomic E-state index is 0.135. The second-order valence-electron chi connectivity index (χ2n) is 7.52. The Morgan fingerprint density at radius 2 is 2.00 bits per heavy atom. The smallest absolute Gasteiger partial charge is 0.290 e. The molecule has 5 nitrogen and oxygen atoms in total. The SMILES string of the molecule is Cc1cc(C)c2[nH]c(=O)c(CN(C(=O)c3ccco3)C3CCCC3)cc2c1. The van der Waals surface area contributed by atoms with Crippen molar-refractivity contribution in [2.45, 2.75) is 52.1 Å². The summed E-state index contributed by atoms with van der Waals surface area (Å²) in [6, 6.07) is 9.60. The maximum atomic E-state index is 13.0. The van der Waals surface area contributed by atoms with Crippen LogP contribution in [0, 0.1) is 13.8 Å². The molecular weight excluding hydrogens is 340 g/mol. The number of hydrogen-bond acceptors (Lipinski definition) is 3. The number of furan rings is 1. The van der Waals surface area contributed by atoms with E-state index in [0.29, 0.717) is 17.9 Å². The van der Waals surface area contributed by atoms with Crippen LogP contribution in [0.1, 0.15) is 52.9 Å². The summed E-state index contributed by atoms with van der Waals surface area (Å²) in [4.78, 5) is 30.5. The lowest BCUT2D eigenvalue weighted by molar-refractivity contribution is 0.0631. The molecule has 0 saturated heterocycles. The third-order valence-electron chi connectivity index (χ3n) is 5.47. The number of aromatic amines is 1. The molecule has 0 atom stereocenters. The van der Waals surface area contributed by atoms with Crippen LogP contribution in [0.25, 0.3) is 10.9 Å². The van der Waals surface area contributed by atoms with Gasteiger partial charge in [0.2, 0.25) is 0 Å². The highest BCUT2D eigenvalue weighted by molar-refractivity contribution is 5.91. The summed E-state index contributed by atoms with van der Waals surface area (Å²) in [7, 11) is 0. The minimum atomic E-state index is -0.146. The lowest BCUT2D eigenvalue weighted by atomic mass is 10.0. The number of nitrogens with zero attached hydrogens (tertiary/aromatic N) is 1. The van der Waals surface area contributed by atoms with E-state index in [1.807, 2.05) is 24.8 Å². The predicted molar refractivity (Wildman–Crippen MR) is 105 cm³/mol. The lowest BCUT2D eigenvalue weighted by Gasteiger charge is -2.28. The summed E-state index contributed by atoms with van der Waals surface area (Å²) in [6.45, 7) is 4.33. The second-order valence-corrected chi connectivity index (χ2v) is 7.52. The molecule has 0 spiro atoms. The van der Waals surface area contributed by atoms with Crippen molar-refractivity contribution in [2.75, 3.05) is 0 Å². The molecular formula is C22H24N2O3. The van der Waals surface area contributed by atoms with Crippen LogP contribution in [0.2, 0.25) is 0 Å². The van der Waals surface area contributed by atoms with E-state index in [4.69, 9.17) is 4.42 Å². The van der Waals surface area contributed by atoms with Crippen LogP contribution in [0.15, 0.2) is 45.8 Å². The standard InChI is InChI=1S/C22H24N2O3/c1-14-10-15(2)20-16(11-14)12-17(21(25)23-20)13-24(18-6-3-4-7-18)22(26)19-8-5-9-27-19/h5,8-12,18H,3-4,6-7,13H2,1-2H3,(H,23,25). The van der Waals surface area contributed by atoms with E-state index in [1.54, 1.807) is 12.1 Å². The van der Waals surface area contributed by atoms with Gasteiger partial charge in [0.1, 0.15) is 0 Å². The van der Waals surface area contributed by atoms with Crippen molar-refractivity contribution < 1.29 is 9.21 Å². The van der Waals surface area contributed by atoms with E-state index in [9.17, 15) is 9.59 Å². The zero-order valence-corrected chi connectivity index (χ0v) is 15.7. The number of amides is 1. The van der Waals surface area contributed by atoms with Gasteiger partial charge < -0.3 is 14.3 Å². The van der Waals surface area contributed by atoms with Gasteiger partial charge in [-0.1, -0.05) is 24.5 Å². The van der Waals surface area contributed by atoms with Crippen molar-refractivity contribution in [3.63, 3.8) is 0 Å². The molecule has 27 heavy (non-hydrogen) atoms. The highest BCUT2D eigenvalue weighted by Gasteiger charge is 2.29. The fourth-order valence-corrected chi connectivity index (χ4v) is 4.16. The number of carbonyl (C=O) groups is 1. The molecule has 2 aromatic heterocycles. The average Bonchev–Trinajstić information content (AvgIpc) is 3.34. The molecule has 1 aromatic carbocycles. The van der Waals surface area contributed by atoms with E-state index < -0.39 is 0 Å². The Morgan fingerprint density at radius 1 is 1.22 bits per heavy atom.